The number of likely N-dealkylation sites (tertiary alicyclic amines) is 1. The molecule has 1 aliphatic rings. The monoisotopic (exact) mass is 403 g/mol. The Kier molecular flexibility index (Phi) is 5.68. The summed E-state index contributed by atoms with van der Waals surface area (Å²) < 4.78 is 2.09. The Labute approximate surface area is 177 Å². The van der Waals surface area contributed by atoms with Crippen molar-refractivity contribution in [3.63, 3.8) is 0 Å². The van der Waals surface area contributed by atoms with Gasteiger partial charge in [-0.05, 0) is 76.7 Å². The fourth-order valence-corrected chi connectivity index (χ4v) is 4.30. The summed E-state index contributed by atoms with van der Waals surface area (Å²) in [6.45, 7) is 6.21. The van der Waals surface area contributed by atoms with Gasteiger partial charge in [0.2, 0.25) is 0 Å². The molecule has 3 heterocycles. The maximum Gasteiger partial charge on any atom is 0.152 e. The average Bonchev–Trinajstić information content (AvgIpc) is 3.14. The van der Waals surface area contributed by atoms with Crippen molar-refractivity contribution >= 4 is 23.5 Å². The van der Waals surface area contributed by atoms with Gasteiger partial charge >= 0.3 is 0 Å². The van der Waals surface area contributed by atoms with Gasteiger partial charge in [-0.3, -0.25) is 4.79 Å². The van der Waals surface area contributed by atoms with E-state index < -0.39 is 0 Å². The van der Waals surface area contributed by atoms with E-state index in [2.05, 4.69) is 39.6 Å². The van der Waals surface area contributed by atoms with E-state index in [1.54, 1.807) is 0 Å². The summed E-state index contributed by atoms with van der Waals surface area (Å²) in [4.78, 5) is 23.6. The molecule has 1 aromatic carbocycles. The second-order valence-corrected chi connectivity index (χ2v) is 8.16. The number of pyridine rings is 1. The van der Waals surface area contributed by atoms with Crippen LogP contribution >= 0.6 is 0 Å². The zero-order valence-electron chi connectivity index (χ0n) is 18.1. The van der Waals surface area contributed by atoms with Crippen LogP contribution in [0.5, 0.6) is 0 Å². The SMILES string of the molecule is CN/C(=N\c1ccc(-c2ccc3nc(C)cn3c2C)cc1C=O)C1CCN(C)CC1. The minimum Gasteiger partial charge on any atom is -0.376 e. The van der Waals surface area contributed by atoms with Crippen LogP contribution in [0.25, 0.3) is 16.8 Å². The van der Waals surface area contributed by atoms with Gasteiger partial charge in [0.25, 0.3) is 0 Å². The molecule has 1 fully saturated rings. The van der Waals surface area contributed by atoms with E-state index in [0.717, 1.165) is 66.2 Å². The van der Waals surface area contributed by atoms with Gasteiger partial charge < -0.3 is 14.6 Å². The van der Waals surface area contributed by atoms with Crippen LogP contribution in [0.4, 0.5) is 5.69 Å². The van der Waals surface area contributed by atoms with Crippen molar-refractivity contribution in [1.29, 1.82) is 0 Å². The van der Waals surface area contributed by atoms with Crippen molar-refractivity contribution in [2.75, 3.05) is 27.2 Å². The lowest BCUT2D eigenvalue weighted by Crippen LogP contribution is -2.37. The lowest BCUT2D eigenvalue weighted by atomic mass is 9.95. The number of amidine groups is 1. The summed E-state index contributed by atoms with van der Waals surface area (Å²) in [7, 11) is 4.07. The second-order valence-electron chi connectivity index (χ2n) is 8.16. The van der Waals surface area contributed by atoms with Gasteiger partial charge in [-0.2, -0.15) is 0 Å². The van der Waals surface area contributed by atoms with Gasteiger partial charge in [0.05, 0.1) is 11.4 Å². The third-order valence-corrected chi connectivity index (χ3v) is 6.07. The van der Waals surface area contributed by atoms with E-state index in [0.29, 0.717) is 17.2 Å². The Morgan fingerprint density at radius 2 is 1.97 bits per heavy atom. The van der Waals surface area contributed by atoms with E-state index in [1.807, 2.05) is 44.4 Å². The van der Waals surface area contributed by atoms with Gasteiger partial charge in [-0.1, -0.05) is 6.07 Å². The highest BCUT2D eigenvalue weighted by Crippen LogP contribution is 2.30. The highest BCUT2D eigenvalue weighted by Gasteiger charge is 2.21. The maximum absolute atomic E-state index is 11.9. The molecule has 6 nitrogen and oxygen atoms in total. The quantitative estimate of drug-likeness (QED) is 0.406. The van der Waals surface area contributed by atoms with E-state index in [-0.39, 0.29) is 0 Å². The number of aryl methyl sites for hydroxylation is 2. The molecule has 0 unspecified atom stereocenters. The van der Waals surface area contributed by atoms with Crippen LogP contribution < -0.4 is 5.32 Å². The Balaban J connectivity index is 1.69. The number of rotatable bonds is 4. The first-order valence-electron chi connectivity index (χ1n) is 10.5. The highest BCUT2D eigenvalue weighted by atomic mass is 16.1. The summed E-state index contributed by atoms with van der Waals surface area (Å²) in [6.07, 6.45) is 5.09. The van der Waals surface area contributed by atoms with Crippen molar-refractivity contribution in [3.05, 3.63) is 53.5 Å². The average molecular weight is 404 g/mol. The predicted molar refractivity (Wildman–Crippen MR) is 122 cm³/mol. The topological polar surface area (TPSA) is 62.0 Å². The van der Waals surface area contributed by atoms with E-state index in [9.17, 15) is 4.79 Å². The summed E-state index contributed by atoms with van der Waals surface area (Å²) in [6, 6.07) is 10.0. The molecular formula is C24H29N5O. The largest absolute Gasteiger partial charge is 0.376 e. The minimum atomic E-state index is 0.402. The molecule has 1 aliphatic heterocycles. The van der Waals surface area contributed by atoms with Crippen LogP contribution in [0.2, 0.25) is 0 Å². The second kappa shape index (κ2) is 8.40. The van der Waals surface area contributed by atoms with Crippen molar-refractivity contribution in [3.8, 4) is 11.1 Å². The molecule has 0 amide bonds. The number of imidazole rings is 1. The standard InChI is InChI=1S/C24H29N5O/c1-16-14-29-17(2)21(6-8-23(29)26-16)19-5-7-22(20(13-19)15-30)27-24(25-3)18-9-11-28(4)12-10-18/h5-8,13-15,18H,9-12H2,1-4H3,(H,25,27). The lowest BCUT2D eigenvalue weighted by Gasteiger charge is -2.29. The van der Waals surface area contributed by atoms with Crippen LogP contribution in [0.3, 0.4) is 0 Å². The molecular weight excluding hydrogens is 374 g/mol. The first kappa shape index (κ1) is 20.3. The van der Waals surface area contributed by atoms with Crippen LogP contribution in [0.15, 0.2) is 41.5 Å². The number of aliphatic imine (C=N–C) groups is 1. The fourth-order valence-electron chi connectivity index (χ4n) is 4.30. The molecule has 0 aliphatic carbocycles. The number of carbonyl (C=O) groups is 1. The zero-order valence-corrected chi connectivity index (χ0v) is 18.1. The molecule has 0 atom stereocenters. The molecule has 1 N–H and O–H groups in total. The maximum atomic E-state index is 11.9. The first-order valence-corrected chi connectivity index (χ1v) is 10.5. The number of piperidine rings is 1. The Morgan fingerprint density at radius 1 is 1.20 bits per heavy atom. The molecule has 0 radical (unpaired) electrons. The summed E-state index contributed by atoms with van der Waals surface area (Å²) in [5, 5.41) is 3.27. The number of fused-ring (bicyclic) bond motifs is 1. The fraction of sp³-hybridized carbons (Fsp3) is 0.375. The number of hydrogen-bond donors (Lipinski definition) is 1. The molecule has 2 aromatic heterocycles. The molecule has 0 saturated carbocycles. The Hall–Kier alpha value is -2.99. The van der Waals surface area contributed by atoms with Gasteiger partial charge in [0.15, 0.2) is 6.29 Å². The lowest BCUT2D eigenvalue weighted by molar-refractivity contribution is 0.112. The number of nitrogens with one attached hydrogen (secondary N) is 1. The molecule has 3 aromatic rings. The first-order chi connectivity index (χ1) is 14.5. The van der Waals surface area contributed by atoms with Gasteiger partial charge in [0, 0.05) is 36.0 Å². The van der Waals surface area contributed by atoms with Crippen LogP contribution in [0, 0.1) is 19.8 Å². The summed E-state index contributed by atoms with van der Waals surface area (Å²) in [5.74, 6) is 1.37. The van der Waals surface area contributed by atoms with Crippen molar-refractivity contribution < 1.29 is 4.79 Å². The normalized spacial score (nSPS) is 16.2. The zero-order chi connectivity index (χ0) is 21.3. The third-order valence-electron chi connectivity index (χ3n) is 6.07. The minimum absolute atomic E-state index is 0.402. The number of nitrogens with zero attached hydrogens (tertiary/aromatic N) is 4. The molecule has 156 valence electrons. The van der Waals surface area contributed by atoms with Crippen LogP contribution in [-0.4, -0.2) is 53.6 Å². The van der Waals surface area contributed by atoms with E-state index in [4.69, 9.17) is 4.99 Å². The summed E-state index contributed by atoms with van der Waals surface area (Å²) >= 11 is 0. The van der Waals surface area contributed by atoms with Crippen LogP contribution in [-0.2, 0) is 0 Å². The van der Waals surface area contributed by atoms with Gasteiger partial charge in [-0.25, -0.2) is 9.98 Å². The van der Waals surface area contributed by atoms with Gasteiger partial charge in [-0.15, -0.1) is 0 Å². The number of aromatic nitrogens is 2. The Morgan fingerprint density at radius 3 is 2.67 bits per heavy atom. The van der Waals surface area contributed by atoms with Crippen molar-refractivity contribution in [2.45, 2.75) is 26.7 Å². The molecule has 0 spiro atoms. The molecule has 6 heteroatoms. The number of benzene rings is 1. The molecule has 4 rings (SSSR count). The smallest absolute Gasteiger partial charge is 0.152 e. The van der Waals surface area contributed by atoms with Crippen molar-refractivity contribution in [2.24, 2.45) is 10.9 Å². The van der Waals surface area contributed by atoms with Gasteiger partial charge in [0.1, 0.15) is 11.5 Å². The molecule has 0 bridgehead atoms. The Bertz CT molecular complexity index is 1110. The summed E-state index contributed by atoms with van der Waals surface area (Å²) in [5.41, 5.74) is 6.44. The number of carbonyl (C=O) groups excluding carboxylic acids is 1. The van der Waals surface area contributed by atoms with Crippen molar-refractivity contribution in [1.82, 2.24) is 19.6 Å². The molecule has 30 heavy (non-hydrogen) atoms. The third kappa shape index (κ3) is 3.87. The molecule has 1 saturated heterocycles. The van der Waals surface area contributed by atoms with E-state index in [1.165, 1.54) is 0 Å². The number of hydrogen-bond acceptors (Lipinski definition) is 4. The van der Waals surface area contributed by atoms with E-state index >= 15 is 0 Å². The predicted octanol–water partition coefficient (Wildman–Crippen LogP) is 4.02. The number of aldehydes is 1. The van der Waals surface area contributed by atoms with Crippen LogP contribution in [0.1, 0.15) is 34.6 Å². The highest BCUT2D eigenvalue weighted by molar-refractivity contribution is 5.92.